The van der Waals surface area contributed by atoms with Gasteiger partial charge in [0.25, 0.3) is 0 Å². The average molecular weight is 356 g/mol. The van der Waals surface area contributed by atoms with E-state index < -0.39 is 5.97 Å². The van der Waals surface area contributed by atoms with Crippen molar-refractivity contribution in [1.82, 2.24) is 4.98 Å². The number of carbonyl (C=O) groups excluding carboxylic acids is 1. The molecule has 0 amide bonds. The van der Waals surface area contributed by atoms with E-state index in [1.165, 1.54) is 4.90 Å². The van der Waals surface area contributed by atoms with E-state index in [2.05, 4.69) is 4.98 Å². The molecule has 0 saturated carbocycles. The fourth-order valence-electron chi connectivity index (χ4n) is 2.24. The molecule has 0 spiro atoms. The Balaban J connectivity index is 1.54. The Morgan fingerprint density at radius 1 is 1.17 bits per heavy atom. The first-order valence-corrected chi connectivity index (χ1v) is 8.82. The number of esters is 1. The van der Waals surface area contributed by atoms with Gasteiger partial charge in [0, 0.05) is 33.7 Å². The highest BCUT2D eigenvalue weighted by Gasteiger charge is 2.13. The molecule has 3 aromatic rings. The lowest BCUT2D eigenvalue weighted by Crippen LogP contribution is -2.11. The highest BCUT2D eigenvalue weighted by atomic mass is 32.2. The van der Waals surface area contributed by atoms with Gasteiger partial charge in [0.2, 0.25) is 0 Å². The summed E-state index contributed by atoms with van der Waals surface area (Å²) in [6, 6.07) is 17.2. The van der Waals surface area contributed by atoms with Crippen LogP contribution < -0.4 is 5.73 Å². The summed E-state index contributed by atoms with van der Waals surface area (Å²) in [7, 11) is 0. The van der Waals surface area contributed by atoms with Crippen molar-refractivity contribution >= 4 is 51.6 Å². The van der Waals surface area contributed by atoms with Crippen molar-refractivity contribution in [2.75, 3.05) is 11.5 Å². The zero-order valence-electron chi connectivity index (χ0n) is 12.8. The van der Waals surface area contributed by atoms with Crippen LogP contribution in [-0.4, -0.2) is 21.8 Å². The van der Waals surface area contributed by atoms with Gasteiger partial charge in [-0.3, -0.25) is 0 Å². The van der Waals surface area contributed by atoms with Gasteiger partial charge in [0.1, 0.15) is 5.69 Å². The normalized spacial score (nSPS) is 10.7. The lowest BCUT2D eigenvalue weighted by Gasteiger charge is -2.04. The van der Waals surface area contributed by atoms with Gasteiger partial charge in [0.05, 0.1) is 0 Å². The maximum Gasteiger partial charge on any atom is 0.360 e. The van der Waals surface area contributed by atoms with Crippen molar-refractivity contribution in [2.45, 2.75) is 11.3 Å². The third-order valence-electron chi connectivity index (χ3n) is 3.39. The number of carbonyl (C=O) groups is 1. The molecule has 122 valence electrons. The monoisotopic (exact) mass is 356 g/mol. The molecule has 3 rings (SSSR count). The average Bonchev–Trinajstić information content (AvgIpc) is 2.99. The fraction of sp³-hybridized carbons (Fsp3) is 0.111. The van der Waals surface area contributed by atoms with Crippen LogP contribution in [0.5, 0.6) is 0 Å². The number of H-pyrrole nitrogens is 1. The van der Waals surface area contributed by atoms with Crippen LogP contribution in [0.2, 0.25) is 0 Å². The minimum atomic E-state index is -0.473. The second-order valence-electron chi connectivity index (χ2n) is 5.20. The smallest absolute Gasteiger partial charge is 0.360 e. The third-order valence-corrected chi connectivity index (χ3v) is 4.69. The Morgan fingerprint density at radius 3 is 2.75 bits per heavy atom. The summed E-state index contributed by atoms with van der Waals surface area (Å²) in [5.41, 5.74) is 7.59. The van der Waals surface area contributed by atoms with Crippen LogP contribution in [0.15, 0.2) is 59.5 Å². The standard InChI is InChI=1S/C18H16N2O2S2/c19-13-6-7-15-12(10-13)11-16(20-15)18(21)22-17(23)8-9-24-14-4-2-1-3-5-14/h1-7,10-11,20H,8-9,19H2. The number of fused-ring (bicyclic) bond motifs is 1. The highest BCUT2D eigenvalue weighted by molar-refractivity contribution is 7.99. The summed E-state index contributed by atoms with van der Waals surface area (Å²) in [5, 5.41) is 1.16. The Bertz CT molecular complexity index is 875. The van der Waals surface area contributed by atoms with Crippen molar-refractivity contribution in [1.29, 1.82) is 0 Å². The first-order valence-electron chi connectivity index (χ1n) is 7.43. The molecule has 24 heavy (non-hydrogen) atoms. The lowest BCUT2D eigenvalue weighted by molar-refractivity contribution is 0.0713. The molecule has 6 heteroatoms. The molecule has 0 aliphatic carbocycles. The predicted molar refractivity (Wildman–Crippen MR) is 103 cm³/mol. The Kier molecular flexibility index (Phi) is 5.17. The predicted octanol–water partition coefficient (Wildman–Crippen LogP) is 4.42. The second-order valence-corrected chi connectivity index (χ2v) is 6.83. The SMILES string of the molecule is Nc1ccc2[nH]c(C(=O)OC(=S)CCSc3ccccc3)cc2c1. The van der Waals surface area contributed by atoms with Gasteiger partial charge >= 0.3 is 5.97 Å². The summed E-state index contributed by atoms with van der Waals surface area (Å²) in [5.74, 6) is 0.291. The molecule has 0 radical (unpaired) electrons. The number of rotatable bonds is 5. The number of thiocarbonyl (C=S) groups is 1. The number of aromatic nitrogens is 1. The van der Waals surface area contributed by atoms with E-state index >= 15 is 0 Å². The first-order chi connectivity index (χ1) is 11.6. The molecule has 1 aromatic heterocycles. The summed E-state index contributed by atoms with van der Waals surface area (Å²) in [4.78, 5) is 16.3. The van der Waals surface area contributed by atoms with Crippen LogP contribution in [-0.2, 0) is 4.74 Å². The number of nitrogens with one attached hydrogen (secondary N) is 1. The summed E-state index contributed by atoms with van der Waals surface area (Å²) >= 11 is 6.83. The van der Waals surface area contributed by atoms with Crippen LogP contribution in [0.4, 0.5) is 5.69 Å². The Morgan fingerprint density at radius 2 is 1.96 bits per heavy atom. The van der Waals surface area contributed by atoms with Gasteiger partial charge in [-0.15, -0.1) is 11.8 Å². The molecule has 0 fully saturated rings. The van der Waals surface area contributed by atoms with Crippen molar-refractivity contribution in [2.24, 2.45) is 0 Å². The lowest BCUT2D eigenvalue weighted by atomic mass is 10.2. The van der Waals surface area contributed by atoms with E-state index in [4.69, 9.17) is 22.7 Å². The number of thioether (sulfide) groups is 1. The molecule has 0 bridgehead atoms. The van der Waals surface area contributed by atoms with Gasteiger partial charge in [-0.2, -0.15) is 0 Å². The van der Waals surface area contributed by atoms with Crippen LogP contribution in [0.3, 0.4) is 0 Å². The molecular formula is C18H16N2O2S2. The van der Waals surface area contributed by atoms with Crippen molar-refractivity contribution < 1.29 is 9.53 Å². The van der Waals surface area contributed by atoms with Crippen LogP contribution in [0.1, 0.15) is 16.9 Å². The van der Waals surface area contributed by atoms with E-state index in [1.807, 2.05) is 36.4 Å². The number of hydrogen-bond acceptors (Lipinski definition) is 5. The fourth-order valence-corrected chi connectivity index (χ4v) is 3.42. The van der Waals surface area contributed by atoms with E-state index in [-0.39, 0.29) is 0 Å². The van der Waals surface area contributed by atoms with E-state index in [9.17, 15) is 4.79 Å². The van der Waals surface area contributed by atoms with Crippen LogP contribution in [0, 0.1) is 0 Å². The zero-order valence-corrected chi connectivity index (χ0v) is 14.5. The molecule has 0 atom stereocenters. The van der Waals surface area contributed by atoms with Crippen molar-refractivity contribution in [3.63, 3.8) is 0 Å². The van der Waals surface area contributed by atoms with E-state index in [0.717, 1.165) is 16.7 Å². The van der Waals surface area contributed by atoms with Gasteiger partial charge in [0.15, 0.2) is 5.05 Å². The molecular weight excluding hydrogens is 340 g/mol. The van der Waals surface area contributed by atoms with E-state index in [1.54, 1.807) is 30.0 Å². The molecule has 3 N–H and O–H groups in total. The Hall–Kier alpha value is -2.31. The second kappa shape index (κ2) is 7.51. The third kappa shape index (κ3) is 4.15. The molecule has 0 saturated heterocycles. The number of benzene rings is 2. The molecule has 1 heterocycles. The minimum Gasteiger partial charge on any atom is -0.414 e. The quantitative estimate of drug-likeness (QED) is 0.307. The van der Waals surface area contributed by atoms with Crippen molar-refractivity contribution in [3.05, 3.63) is 60.3 Å². The number of ether oxygens (including phenoxy) is 1. The maximum absolute atomic E-state index is 12.2. The molecule has 0 aliphatic heterocycles. The van der Waals surface area contributed by atoms with Crippen molar-refractivity contribution in [3.8, 4) is 0 Å². The first kappa shape index (κ1) is 16.5. The number of nitrogen functional groups attached to an aromatic ring is 1. The summed E-state index contributed by atoms with van der Waals surface area (Å²) in [6.07, 6.45) is 0.536. The topological polar surface area (TPSA) is 68.1 Å². The number of aromatic amines is 1. The molecule has 0 unspecified atom stereocenters. The van der Waals surface area contributed by atoms with Crippen LogP contribution >= 0.6 is 24.0 Å². The summed E-state index contributed by atoms with van der Waals surface area (Å²) < 4.78 is 5.25. The van der Waals surface area contributed by atoms with Gasteiger partial charge in [-0.05, 0) is 48.6 Å². The minimum absolute atomic E-state index is 0.293. The highest BCUT2D eigenvalue weighted by Crippen LogP contribution is 2.20. The Labute approximate surface area is 149 Å². The maximum atomic E-state index is 12.2. The molecule has 4 nitrogen and oxygen atoms in total. The number of nitrogens with two attached hydrogens (primary N) is 1. The zero-order chi connectivity index (χ0) is 16.9. The van der Waals surface area contributed by atoms with Gasteiger partial charge in [-0.1, -0.05) is 18.2 Å². The van der Waals surface area contributed by atoms with Crippen LogP contribution in [0.25, 0.3) is 10.9 Å². The number of anilines is 1. The number of hydrogen-bond donors (Lipinski definition) is 2. The summed E-state index contributed by atoms with van der Waals surface area (Å²) in [6.45, 7) is 0. The molecule has 0 aliphatic rings. The van der Waals surface area contributed by atoms with Gasteiger partial charge in [-0.25, -0.2) is 4.79 Å². The largest absolute Gasteiger partial charge is 0.414 e. The van der Waals surface area contributed by atoms with Gasteiger partial charge < -0.3 is 15.5 Å². The van der Waals surface area contributed by atoms with E-state index in [0.29, 0.717) is 22.9 Å². The molecule has 2 aromatic carbocycles.